The average molecular weight is 286 g/mol. The van der Waals surface area contributed by atoms with Crippen LogP contribution >= 0.6 is 0 Å². The van der Waals surface area contributed by atoms with Crippen LogP contribution in [0.25, 0.3) is 0 Å². The molecule has 3 aromatic rings. The molecule has 0 bridgehead atoms. The van der Waals surface area contributed by atoms with Gasteiger partial charge in [0.05, 0.1) is 0 Å². The standard InChI is InChI=1S/C13H11FN6O/c14-9-3-1-2-8(6-9)7-11-16-13(20-19-11)17-12(21)10-4-5-15-18-10/h1-6H,7H2,(H,15,18)(H2,16,17,19,20,21). The lowest BCUT2D eigenvalue weighted by Crippen LogP contribution is -2.13. The van der Waals surface area contributed by atoms with Crippen molar-refractivity contribution in [2.24, 2.45) is 0 Å². The van der Waals surface area contributed by atoms with E-state index in [-0.39, 0.29) is 17.7 Å². The molecule has 0 aliphatic heterocycles. The molecule has 3 rings (SSSR count). The van der Waals surface area contributed by atoms with Gasteiger partial charge in [-0.3, -0.25) is 20.3 Å². The van der Waals surface area contributed by atoms with E-state index in [1.165, 1.54) is 24.4 Å². The maximum absolute atomic E-state index is 13.1. The number of aromatic amines is 2. The summed E-state index contributed by atoms with van der Waals surface area (Å²) in [4.78, 5) is 15.9. The van der Waals surface area contributed by atoms with Gasteiger partial charge in [0.25, 0.3) is 5.91 Å². The number of aromatic nitrogens is 5. The van der Waals surface area contributed by atoms with Crippen molar-refractivity contribution >= 4 is 11.9 Å². The lowest BCUT2D eigenvalue weighted by atomic mass is 10.1. The van der Waals surface area contributed by atoms with E-state index in [2.05, 4.69) is 30.7 Å². The molecular formula is C13H11FN6O. The van der Waals surface area contributed by atoms with Gasteiger partial charge in [0.1, 0.15) is 17.3 Å². The Labute approximate surface area is 118 Å². The molecule has 3 N–H and O–H groups in total. The van der Waals surface area contributed by atoms with Crippen LogP contribution in [0.1, 0.15) is 21.9 Å². The van der Waals surface area contributed by atoms with Gasteiger partial charge in [-0.05, 0) is 23.8 Å². The Morgan fingerprint density at radius 1 is 1.29 bits per heavy atom. The number of carbonyl (C=O) groups excluding carboxylic acids is 1. The number of benzene rings is 1. The molecule has 0 saturated heterocycles. The second-order valence-electron chi connectivity index (χ2n) is 4.34. The fourth-order valence-corrected chi connectivity index (χ4v) is 1.82. The zero-order valence-electron chi connectivity index (χ0n) is 10.8. The fourth-order valence-electron chi connectivity index (χ4n) is 1.82. The number of rotatable bonds is 4. The van der Waals surface area contributed by atoms with Crippen molar-refractivity contribution in [3.63, 3.8) is 0 Å². The van der Waals surface area contributed by atoms with E-state index in [0.717, 1.165) is 5.56 Å². The molecule has 2 aromatic heterocycles. The first-order valence-electron chi connectivity index (χ1n) is 6.17. The highest BCUT2D eigenvalue weighted by atomic mass is 19.1. The number of nitrogens with one attached hydrogen (secondary N) is 3. The predicted molar refractivity (Wildman–Crippen MR) is 72.1 cm³/mol. The summed E-state index contributed by atoms with van der Waals surface area (Å²) in [5, 5.41) is 15.3. The van der Waals surface area contributed by atoms with Crippen LogP contribution in [-0.4, -0.2) is 31.3 Å². The van der Waals surface area contributed by atoms with E-state index in [1.807, 2.05) is 0 Å². The minimum atomic E-state index is -0.385. The third kappa shape index (κ3) is 3.11. The summed E-state index contributed by atoms with van der Waals surface area (Å²) in [5.41, 5.74) is 1.07. The van der Waals surface area contributed by atoms with Gasteiger partial charge in [0.2, 0.25) is 5.95 Å². The van der Waals surface area contributed by atoms with Crippen molar-refractivity contribution in [3.05, 3.63) is 59.4 Å². The summed E-state index contributed by atoms with van der Waals surface area (Å²) >= 11 is 0. The Kier molecular flexibility index (Phi) is 3.42. The Bertz CT molecular complexity index is 752. The van der Waals surface area contributed by atoms with Crippen LogP contribution < -0.4 is 5.32 Å². The maximum Gasteiger partial charge on any atom is 0.276 e. The lowest BCUT2D eigenvalue weighted by Gasteiger charge is -1.98. The van der Waals surface area contributed by atoms with Gasteiger partial charge in [0, 0.05) is 12.6 Å². The van der Waals surface area contributed by atoms with Gasteiger partial charge in [-0.2, -0.15) is 10.1 Å². The number of hydrogen-bond acceptors (Lipinski definition) is 4. The first kappa shape index (κ1) is 13.0. The van der Waals surface area contributed by atoms with E-state index >= 15 is 0 Å². The summed E-state index contributed by atoms with van der Waals surface area (Å²) in [6.45, 7) is 0. The number of nitrogens with zero attached hydrogens (tertiary/aromatic N) is 3. The van der Waals surface area contributed by atoms with Gasteiger partial charge in [-0.25, -0.2) is 4.39 Å². The van der Waals surface area contributed by atoms with Crippen molar-refractivity contribution in [1.82, 2.24) is 25.4 Å². The summed E-state index contributed by atoms with van der Waals surface area (Å²) < 4.78 is 13.1. The number of carbonyl (C=O) groups is 1. The number of hydrogen-bond donors (Lipinski definition) is 3. The number of anilines is 1. The molecule has 8 heteroatoms. The van der Waals surface area contributed by atoms with Crippen LogP contribution in [0.4, 0.5) is 10.3 Å². The highest BCUT2D eigenvalue weighted by molar-refractivity contribution is 6.01. The molecule has 2 heterocycles. The molecule has 0 aliphatic carbocycles. The van der Waals surface area contributed by atoms with Gasteiger partial charge < -0.3 is 0 Å². The van der Waals surface area contributed by atoms with Crippen LogP contribution in [0.2, 0.25) is 0 Å². The molecule has 1 amide bonds. The van der Waals surface area contributed by atoms with E-state index in [0.29, 0.717) is 17.9 Å². The van der Waals surface area contributed by atoms with Crippen LogP contribution in [-0.2, 0) is 6.42 Å². The quantitative estimate of drug-likeness (QED) is 0.677. The van der Waals surface area contributed by atoms with Crippen LogP contribution in [0.15, 0.2) is 36.5 Å². The van der Waals surface area contributed by atoms with Crippen molar-refractivity contribution in [1.29, 1.82) is 0 Å². The molecule has 1 aromatic carbocycles. The summed E-state index contributed by atoms with van der Waals surface area (Å²) in [6.07, 6.45) is 1.87. The molecule has 0 fully saturated rings. The van der Waals surface area contributed by atoms with Crippen molar-refractivity contribution in [2.75, 3.05) is 5.32 Å². The molecule has 0 unspecified atom stereocenters. The summed E-state index contributed by atoms with van der Waals surface area (Å²) in [6, 6.07) is 7.75. The Morgan fingerprint density at radius 2 is 2.19 bits per heavy atom. The zero-order chi connectivity index (χ0) is 14.7. The molecule has 7 nitrogen and oxygen atoms in total. The van der Waals surface area contributed by atoms with Gasteiger partial charge in [-0.1, -0.05) is 12.1 Å². The normalized spacial score (nSPS) is 10.5. The maximum atomic E-state index is 13.1. The largest absolute Gasteiger partial charge is 0.288 e. The molecule has 0 aliphatic rings. The van der Waals surface area contributed by atoms with Crippen molar-refractivity contribution in [2.45, 2.75) is 6.42 Å². The van der Waals surface area contributed by atoms with Crippen LogP contribution in [0.3, 0.4) is 0 Å². The first-order valence-corrected chi connectivity index (χ1v) is 6.17. The van der Waals surface area contributed by atoms with E-state index in [4.69, 9.17) is 0 Å². The Morgan fingerprint density at radius 3 is 2.95 bits per heavy atom. The van der Waals surface area contributed by atoms with Crippen LogP contribution in [0, 0.1) is 5.82 Å². The molecule has 106 valence electrons. The highest BCUT2D eigenvalue weighted by Gasteiger charge is 2.11. The Hall–Kier alpha value is -3.03. The summed E-state index contributed by atoms with van der Waals surface area (Å²) in [7, 11) is 0. The fraction of sp³-hybridized carbons (Fsp3) is 0.0769. The third-order valence-corrected chi connectivity index (χ3v) is 2.76. The van der Waals surface area contributed by atoms with Crippen molar-refractivity contribution < 1.29 is 9.18 Å². The average Bonchev–Trinajstić information content (AvgIpc) is 3.10. The monoisotopic (exact) mass is 286 g/mol. The molecule has 0 saturated carbocycles. The lowest BCUT2D eigenvalue weighted by molar-refractivity contribution is 0.102. The summed E-state index contributed by atoms with van der Waals surface area (Å²) in [5.74, 6) is -0.00916. The minimum absolute atomic E-state index is 0.154. The van der Waals surface area contributed by atoms with E-state index in [1.54, 1.807) is 12.1 Å². The molecular weight excluding hydrogens is 275 g/mol. The van der Waals surface area contributed by atoms with E-state index < -0.39 is 0 Å². The first-order chi connectivity index (χ1) is 10.2. The van der Waals surface area contributed by atoms with Crippen LogP contribution in [0.5, 0.6) is 0 Å². The predicted octanol–water partition coefficient (Wildman–Crippen LogP) is 1.51. The molecule has 0 spiro atoms. The van der Waals surface area contributed by atoms with Gasteiger partial charge in [-0.15, -0.1) is 5.10 Å². The minimum Gasteiger partial charge on any atom is -0.288 e. The second-order valence-corrected chi connectivity index (χ2v) is 4.34. The zero-order valence-corrected chi connectivity index (χ0v) is 10.8. The number of amides is 1. The second kappa shape index (κ2) is 5.53. The molecule has 0 atom stereocenters. The molecule has 21 heavy (non-hydrogen) atoms. The van der Waals surface area contributed by atoms with Gasteiger partial charge in [0.15, 0.2) is 0 Å². The Balaban J connectivity index is 1.68. The number of H-pyrrole nitrogens is 2. The third-order valence-electron chi connectivity index (χ3n) is 2.76. The molecule has 0 radical (unpaired) electrons. The smallest absolute Gasteiger partial charge is 0.276 e. The van der Waals surface area contributed by atoms with Crippen molar-refractivity contribution in [3.8, 4) is 0 Å². The highest BCUT2D eigenvalue weighted by Crippen LogP contribution is 2.09. The topological polar surface area (TPSA) is 99.3 Å². The van der Waals surface area contributed by atoms with E-state index in [9.17, 15) is 9.18 Å². The van der Waals surface area contributed by atoms with Gasteiger partial charge >= 0.3 is 0 Å². The SMILES string of the molecule is O=C(Nc1n[nH]c(Cc2cccc(F)c2)n1)c1ccn[nH]1. The number of halogens is 1.